The lowest BCUT2D eigenvalue weighted by Gasteiger charge is -2.18. The number of pyridine rings is 1. The average Bonchev–Trinajstić information content (AvgIpc) is 3.31. The fourth-order valence-corrected chi connectivity index (χ4v) is 4.97. The largest absolute Gasteiger partial charge is 0.515 e. The summed E-state index contributed by atoms with van der Waals surface area (Å²) in [4.78, 5) is 32.0. The van der Waals surface area contributed by atoms with Crippen molar-refractivity contribution in [1.29, 1.82) is 0 Å². The molecule has 0 spiro atoms. The number of likely N-dealkylation sites (N-methyl/N-ethyl adjacent to an activating group) is 1. The molecule has 8 heteroatoms. The second-order valence-electron chi connectivity index (χ2n) is 10.5. The Kier molecular flexibility index (Phi) is 8.71. The van der Waals surface area contributed by atoms with Crippen molar-refractivity contribution in [3.8, 4) is 11.6 Å². The van der Waals surface area contributed by atoms with E-state index < -0.39 is 6.16 Å². The molecule has 2 aromatic heterocycles. The molecule has 0 saturated carbocycles. The van der Waals surface area contributed by atoms with Gasteiger partial charge in [0.1, 0.15) is 18.9 Å². The molecule has 5 rings (SSSR count). The number of hydrogen-bond donors (Lipinski definition) is 0. The molecule has 0 bridgehead atoms. The maximum atomic E-state index is 13.5. The Hall–Kier alpha value is -4.85. The number of ether oxygens (including phenoxy) is 3. The molecule has 8 nitrogen and oxygen atoms in total. The van der Waals surface area contributed by atoms with Gasteiger partial charge in [-0.1, -0.05) is 66.7 Å². The molecule has 0 N–H and O–H groups in total. The lowest BCUT2D eigenvalue weighted by atomic mass is 10.1. The summed E-state index contributed by atoms with van der Waals surface area (Å²) in [5.41, 5.74) is 4.43. The molecule has 3 aromatic carbocycles. The first kappa shape index (κ1) is 28.7. The van der Waals surface area contributed by atoms with Gasteiger partial charge in [0.25, 0.3) is 0 Å². The minimum absolute atomic E-state index is 0.0289. The topological polar surface area (TPSA) is 82.9 Å². The monoisotopic (exact) mass is 565 g/mol. The van der Waals surface area contributed by atoms with Crippen molar-refractivity contribution < 1.29 is 23.8 Å². The number of nitrogens with zero attached hydrogens (tertiary/aromatic N) is 3. The summed E-state index contributed by atoms with van der Waals surface area (Å²) in [6, 6.07) is 25.8. The molecule has 0 fully saturated rings. The second kappa shape index (κ2) is 12.8. The SMILES string of the molecule is Cc1c(OC(=O)OC(C)C)ncc2c1c1c(OCc3ccccc3)cccc1n2CC(=O)N(C)CCc1ccccc1. The van der Waals surface area contributed by atoms with Crippen LogP contribution in [-0.2, 0) is 29.1 Å². The van der Waals surface area contributed by atoms with E-state index in [0.29, 0.717) is 24.5 Å². The van der Waals surface area contributed by atoms with Crippen LogP contribution >= 0.6 is 0 Å². The summed E-state index contributed by atoms with van der Waals surface area (Å²) in [6.07, 6.45) is 1.26. The number of carbonyl (C=O) groups excluding carboxylic acids is 2. The first-order valence-corrected chi connectivity index (χ1v) is 14.1. The van der Waals surface area contributed by atoms with E-state index in [1.165, 1.54) is 5.56 Å². The van der Waals surface area contributed by atoms with Crippen molar-refractivity contribution >= 4 is 33.9 Å². The number of fused-ring (bicyclic) bond motifs is 3. The van der Waals surface area contributed by atoms with Crippen LogP contribution in [0.2, 0.25) is 0 Å². The highest BCUT2D eigenvalue weighted by Gasteiger charge is 2.23. The molecule has 0 unspecified atom stereocenters. The van der Waals surface area contributed by atoms with Crippen LogP contribution in [0.4, 0.5) is 4.79 Å². The van der Waals surface area contributed by atoms with E-state index in [9.17, 15) is 9.59 Å². The van der Waals surface area contributed by atoms with Crippen molar-refractivity contribution in [2.45, 2.75) is 46.4 Å². The number of aryl methyl sites for hydroxylation is 1. The number of benzene rings is 3. The van der Waals surface area contributed by atoms with E-state index in [2.05, 4.69) is 17.1 Å². The number of carbonyl (C=O) groups is 2. The highest BCUT2D eigenvalue weighted by molar-refractivity contribution is 6.13. The third-order valence-electron chi connectivity index (χ3n) is 7.14. The Morgan fingerprint density at radius 2 is 1.57 bits per heavy atom. The van der Waals surface area contributed by atoms with Gasteiger partial charge in [-0.05, 0) is 50.5 Å². The highest BCUT2D eigenvalue weighted by atomic mass is 16.7. The quantitative estimate of drug-likeness (QED) is 0.175. The van der Waals surface area contributed by atoms with Gasteiger partial charge in [-0.3, -0.25) is 4.79 Å². The molecule has 0 saturated heterocycles. The zero-order valence-electron chi connectivity index (χ0n) is 24.4. The second-order valence-corrected chi connectivity index (χ2v) is 10.5. The highest BCUT2D eigenvalue weighted by Crippen LogP contribution is 2.39. The molecular formula is C34H35N3O5. The summed E-state index contributed by atoms with van der Waals surface area (Å²) < 4.78 is 19.0. The Morgan fingerprint density at radius 1 is 0.881 bits per heavy atom. The van der Waals surface area contributed by atoms with Crippen molar-refractivity contribution in [3.63, 3.8) is 0 Å². The fourth-order valence-electron chi connectivity index (χ4n) is 4.97. The van der Waals surface area contributed by atoms with Crippen LogP contribution in [0.3, 0.4) is 0 Å². The van der Waals surface area contributed by atoms with Crippen molar-refractivity contribution in [2.24, 2.45) is 0 Å². The number of aromatic nitrogens is 2. The number of rotatable bonds is 10. The summed E-state index contributed by atoms with van der Waals surface area (Å²) >= 11 is 0. The predicted molar refractivity (Wildman–Crippen MR) is 163 cm³/mol. The number of amides is 1. The Labute approximate surface area is 245 Å². The Morgan fingerprint density at radius 3 is 2.26 bits per heavy atom. The van der Waals surface area contributed by atoms with Crippen LogP contribution in [-0.4, -0.2) is 46.2 Å². The van der Waals surface area contributed by atoms with Crippen molar-refractivity contribution in [1.82, 2.24) is 14.5 Å². The van der Waals surface area contributed by atoms with Gasteiger partial charge < -0.3 is 23.7 Å². The van der Waals surface area contributed by atoms with E-state index in [4.69, 9.17) is 14.2 Å². The molecule has 0 atom stereocenters. The first-order chi connectivity index (χ1) is 20.3. The Balaban J connectivity index is 1.52. The van der Waals surface area contributed by atoms with E-state index in [1.807, 2.05) is 85.3 Å². The van der Waals surface area contributed by atoms with E-state index >= 15 is 0 Å². The average molecular weight is 566 g/mol. The molecule has 0 aliphatic heterocycles. The zero-order valence-corrected chi connectivity index (χ0v) is 24.4. The zero-order chi connectivity index (χ0) is 29.6. The summed E-state index contributed by atoms with van der Waals surface area (Å²) in [5, 5.41) is 1.63. The molecule has 0 aliphatic rings. The number of hydrogen-bond acceptors (Lipinski definition) is 6. The molecule has 2 heterocycles. The van der Waals surface area contributed by atoms with E-state index in [-0.39, 0.29) is 24.4 Å². The van der Waals surface area contributed by atoms with Gasteiger partial charge in [0.05, 0.1) is 28.7 Å². The van der Waals surface area contributed by atoms with Crippen LogP contribution < -0.4 is 9.47 Å². The van der Waals surface area contributed by atoms with Gasteiger partial charge in [-0.15, -0.1) is 0 Å². The van der Waals surface area contributed by atoms with E-state index in [1.54, 1.807) is 24.9 Å². The lowest BCUT2D eigenvalue weighted by molar-refractivity contribution is -0.130. The molecule has 5 aromatic rings. The third kappa shape index (κ3) is 6.38. The van der Waals surface area contributed by atoms with Crippen LogP contribution in [0.15, 0.2) is 85.1 Å². The first-order valence-electron chi connectivity index (χ1n) is 14.1. The van der Waals surface area contributed by atoms with Gasteiger partial charge in [0.2, 0.25) is 11.8 Å². The van der Waals surface area contributed by atoms with Gasteiger partial charge in [0.15, 0.2) is 0 Å². The van der Waals surface area contributed by atoms with Crippen LogP contribution in [0.1, 0.15) is 30.5 Å². The van der Waals surface area contributed by atoms with Gasteiger partial charge >= 0.3 is 6.16 Å². The minimum Gasteiger partial charge on any atom is -0.488 e. The van der Waals surface area contributed by atoms with Gasteiger partial charge in [0, 0.05) is 24.5 Å². The van der Waals surface area contributed by atoms with E-state index in [0.717, 1.165) is 33.8 Å². The summed E-state index contributed by atoms with van der Waals surface area (Å²) in [6.45, 7) is 6.44. The summed E-state index contributed by atoms with van der Waals surface area (Å²) in [7, 11) is 1.82. The van der Waals surface area contributed by atoms with Crippen LogP contribution in [0.25, 0.3) is 21.8 Å². The van der Waals surface area contributed by atoms with Crippen molar-refractivity contribution in [3.05, 3.63) is 102 Å². The van der Waals surface area contributed by atoms with Crippen LogP contribution in [0, 0.1) is 6.92 Å². The molecule has 0 aliphatic carbocycles. The molecule has 216 valence electrons. The fraction of sp³-hybridized carbons (Fsp3) is 0.265. The molecule has 42 heavy (non-hydrogen) atoms. The predicted octanol–water partition coefficient (Wildman–Crippen LogP) is 6.70. The Bertz CT molecular complexity index is 1700. The van der Waals surface area contributed by atoms with Gasteiger partial charge in [-0.25, -0.2) is 9.78 Å². The summed E-state index contributed by atoms with van der Waals surface area (Å²) in [5.74, 6) is 0.783. The standard InChI is InChI=1S/C34H35N3O5/c1-23(2)41-34(39)42-33-24(3)31-28(20-35-33)37(21-30(38)36(4)19-18-25-12-7-5-8-13-25)27-16-11-17-29(32(27)31)40-22-26-14-9-6-10-15-26/h5-17,20,23H,18-19,21-22H2,1-4H3. The normalized spacial score (nSPS) is 11.2. The lowest BCUT2D eigenvalue weighted by Crippen LogP contribution is -2.31. The van der Waals surface area contributed by atoms with Gasteiger partial charge in [-0.2, -0.15) is 0 Å². The minimum atomic E-state index is -0.820. The smallest absolute Gasteiger partial charge is 0.488 e. The molecule has 0 radical (unpaired) electrons. The van der Waals surface area contributed by atoms with Crippen molar-refractivity contribution in [2.75, 3.05) is 13.6 Å². The maximum Gasteiger partial charge on any atom is 0.515 e. The third-order valence-corrected chi connectivity index (χ3v) is 7.14. The van der Waals surface area contributed by atoms with Crippen LogP contribution in [0.5, 0.6) is 11.6 Å². The molecule has 1 amide bonds. The molecular weight excluding hydrogens is 530 g/mol. The maximum absolute atomic E-state index is 13.5.